The molecule has 7 nitrogen and oxygen atoms in total. The molecule has 3 aromatic carbocycles. The van der Waals surface area contributed by atoms with Gasteiger partial charge >= 0.3 is 0 Å². The Labute approximate surface area is 269 Å². The van der Waals surface area contributed by atoms with E-state index >= 15 is 0 Å². The fourth-order valence-electron chi connectivity index (χ4n) is 5.29. The van der Waals surface area contributed by atoms with Crippen LogP contribution in [-0.4, -0.2) is 43.8 Å². The van der Waals surface area contributed by atoms with E-state index in [4.69, 9.17) is 34.8 Å². The van der Waals surface area contributed by atoms with Crippen molar-refractivity contribution in [1.82, 2.24) is 10.2 Å². The summed E-state index contributed by atoms with van der Waals surface area (Å²) in [5.74, 6) is -0.837. The first-order valence-corrected chi connectivity index (χ1v) is 17.0. The predicted octanol–water partition coefficient (Wildman–Crippen LogP) is 7.41. The lowest BCUT2D eigenvalue weighted by Crippen LogP contribution is -2.54. The summed E-state index contributed by atoms with van der Waals surface area (Å²) in [5.41, 5.74) is 1.70. The van der Waals surface area contributed by atoms with E-state index in [0.29, 0.717) is 27.1 Å². The predicted molar refractivity (Wildman–Crippen MR) is 173 cm³/mol. The Morgan fingerprint density at radius 3 is 2.23 bits per heavy atom. The normalized spacial score (nSPS) is 14.6. The summed E-state index contributed by atoms with van der Waals surface area (Å²) in [7, 11) is -4.20. The average Bonchev–Trinajstić information content (AvgIpc) is 2.97. The molecule has 1 unspecified atom stereocenters. The van der Waals surface area contributed by atoms with Gasteiger partial charge in [0.05, 0.1) is 10.6 Å². The summed E-state index contributed by atoms with van der Waals surface area (Å²) in [5, 5.41) is 4.22. The van der Waals surface area contributed by atoms with Crippen molar-refractivity contribution in [2.75, 3.05) is 10.8 Å². The average molecular weight is 665 g/mol. The summed E-state index contributed by atoms with van der Waals surface area (Å²) in [6, 6.07) is 16.8. The highest BCUT2D eigenvalue weighted by Crippen LogP contribution is 2.29. The maximum atomic E-state index is 14.3. The molecule has 2 amide bonds. The van der Waals surface area contributed by atoms with Crippen molar-refractivity contribution in [1.29, 1.82) is 0 Å². The van der Waals surface area contributed by atoms with E-state index in [0.717, 1.165) is 42.0 Å². The van der Waals surface area contributed by atoms with Gasteiger partial charge in [0.25, 0.3) is 10.0 Å². The summed E-state index contributed by atoms with van der Waals surface area (Å²) in [6.07, 6.45) is 5.30. The second-order valence-corrected chi connectivity index (χ2v) is 14.0. The van der Waals surface area contributed by atoms with Gasteiger partial charge in [0.2, 0.25) is 11.8 Å². The zero-order valence-electron chi connectivity index (χ0n) is 24.2. The summed E-state index contributed by atoms with van der Waals surface area (Å²) in [4.78, 5) is 29.4. The molecule has 1 fully saturated rings. The topological polar surface area (TPSA) is 86.8 Å². The molecule has 11 heteroatoms. The minimum Gasteiger partial charge on any atom is -0.352 e. The molecule has 43 heavy (non-hydrogen) atoms. The monoisotopic (exact) mass is 663 g/mol. The fraction of sp³-hybridized carbons (Fsp3) is 0.375. The minimum absolute atomic E-state index is 0.0145. The van der Waals surface area contributed by atoms with Gasteiger partial charge in [0.1, 0.15) is 12.6 Å². The van der Waals surface area contributed by atoms with Gasteiger partial charge in [-0.3, -0.25) is 13.9 Å². The molecule has 0 spiro atoms. The Kier molecular flexibility index (Phi) is 11.4. The van der Waals surface area contributed by atoms with Crippen LogP contribution in [0.2, 0.25) is 15.1 Å². The van der Waals surface area contributed by atoms with Crippen LogP contribution in [0.1, 0.15) is 56.6 Å². The maximum absolute atomic E-state index is 14.3. The van der Waals surface area contributed by atoms with Gasteiger partial charge in [0.15, 0.2) is 0 Å². The van der Waals surface area contributed by atoms with Gasteiger partial charge in [-0.2, -0.15) is 0 Å². The van der Waals surface area contributed by atoms with E-state index in [9.17, 15) is 18.0 Å². The van der Waals surface area contributed by atoms with Crippen LogP contribution in [0, 0.1) is 6.92 Å². The molecule has 230 valence electrons. The van der Waals surface area contributed by atoms with Crippen LogP contribution in [0.3, 0.4) is 0 Å². The molecule has 3 aromatic rings. The molecule has 1 aliphatic carbocycles. The van der Waals surface area contributed by atoms with Gasteiger partial charge < -0.3 is 10.2 Å². The second kappa shape index (κ2) is 14.8. The molecule has 0 radical (unpaired) electrons. The number of amides is 2. The third-order valence-corrected chi connectivity index (χ3v) is 10.3. The van der Waals surface area contributed by atoms with Crippen molar-refractivity contribution in [2.45, 2.75) is 75.9 Å². The van der Waals surface area contributed by atoms with E-state index in [1.165, 1.54) is 23.1 Å². The number of rotatable bonds is 11. The van der Waals surface area contributed by atoms with Crippen molar-refractivity contribution in [3.05, 3.63) is 92.9 Å². The van der Waals surface area contributed by atoms with Crippen molar-refractivity contribution in [2.24, 2.45) is 0 Å². The van der Waals surface area contributed by atoms with Crippen LogP contribution < -0.4 is 9.62 Å². The van der Waals surface area contributed by atoms with Crippen molar-refractivity contribution in [3.63, 3.8) is 0 Å². The second-order valence-electron chi connectivity index (χ2n) is 10.8. The molecule has 0 bridgehead atoms. The van der Waals surface area contributed by atoms with Gasteiger partial charge in [-0.1, -0.05) is 90.8 Å². The molecular weight excluding hydrogens is 629 g/mol. The smallest absolute Gasteiger partial charge is 0.264 e. The quantitative estimate of drug-likeness (QED) is 0.231. The minimum atomic E-state index is -4.20. The lowest BCUT2D eigenvalue weighted by molar-refractivity contribution is -0.140. The molecule has 0 aromatic heterocycles. The van der Waals surface area contributed by atoms with Crippen molar-refractivity contribution >= 4 is 62.3 Å². The molecule has 1 N–H and O–H groups in total. The molecular formula is C32H36Cl3N3O4S. The number of nitrogens with zero attached hydrogens (tertiary/aromatic N) is 2. The summed E-state index contributed by atoms with van der Waals surface area (Å²) < 4.78 is 29.0. The maximum Gasteiger partial charge on any atom is 0.264 e. The van der Waals surface area contributed by atoms with E-state index in [1.54, 1.807) is 48.5 Å². The Morgan fingerprint density at radius 2 is 1.60 bits per heavy atom. The summed E-state index contributed by atoms with van der Waals surface area (Å²) >= 11 is 18.9. The Balaban J connectivity index is 1.73. The molecule has 1 atom stereocenters. The number of carbonyl (C=O) groups excluding carboxylic acids is 2. The first kappa shape index (κ1) is 33.1. The number of aryl methyl sites for hydroxylation is 1. The highest BCUT2D eigenvalue weighted by molar-refractivity contribution is 7.92. The fourth-order valence-corrected chi connectivity index (χ4v) is 7.35. The molecule has 0 saturated heterocycles. The first-order valence-electron chi connectivity index (χ1n) is 14.4. The highest BCUT2D eigenvalue weighted by atomic mass is 35.5. The van der Waals surface area contributed by atoms with Crippen molar-refractivity contribution in [3.8, 4) is 0 Å². The summed E-state index contributed by atoms with van der Waals surface area (Å²) in [6.45, 7) is 3.11. The zero-order chi connectivity index (χ0) is 31.1. The van der Waals surface area contributed by atoms with Crippen LogP contribution in [0.25, 0.3) is 0 Å². The number of nitrogens with one attached hydrogen (secondary N) is 1. The van der Waals surface area contributed by atoms with Gasteiger partial charge in [-0.15, -0.1) is 0 Å². The SMILES string of the molecule is CCC(C(=O)NC1CCCCC1)N(Cc1ccc(Cl)cc1Cl)C(=O)CN(c1cccc(Cl)c1)S(=O)(=O)c1ccc(C)cc1. The number of benzene rings is 3. The van der Waals surface area contributed by atoms with Crippen LogP contribution in [0.5, 0.6) is 0 Å². The van der Waals surface area contributed by atoms with E-state index in [1.807, 2.05) is 13.8 Å². The standard InChI is InChI=1S/C32H36Cl3N3O4S/c1-3-30(32(40)36-26-9-5-4-6-10-26)37(20-23-14-15-25(34)19-29(23)35)31(39)21-38(27-11-7-8-24(33)18-27)43(41,42)28-16-12-22(2)13-17-28/h7-8,11-19,26,30H,3-6,9-10,20-21H2,1-2H3,(H,36,40). The van der Waals surface area contributed by atoms with Crippen LogP contribution in [0.15, 0.2) is 71.6 Å². The highest BCUT2D eigenvalue weighted by Gasteiger charge is 2.34. The van der Waals surface area contributed by atoms with Crippen molar-refractivity contribution < 1.29 is 18.0 Å². The first-order chi connectivity index (χ1) is 20.5. The van der Waals surface area contributed by atoms with E-state index in [-0.39, 0.29) is 29.1 Å². The Bertz CT molecular complexity index is 1540. The lowest BCUT2D eigenvalue weighted by Gasteiger charge is -2.34. The molecule has 0 heterocycles. The molecule has 1 saturated carbocycles. The third kappa shape index (κ3) is 8.44. The van der Waals surface area contributed by atoms with E-state index in [2.05, 4.69) is 5.32 Å². The molecule has 1 aliphatic rings. The number of sulfonamides is 1. The number of halogens is 3. The lowest BCUT2D eigenvalue weighted by atomic mass is 9.95. The van der Waals surface area contributed by atoms with Crippen LogP contribution in [0.4, 0.5) is 5.69 Å². The molecule has 0 aliphatic heterocycles. The van der Waals surface area contributed by atoms with Gasteiger partial charge in [-0.25, -0.2) is 8.42 Å². The number of carbonyl (C=O) groups is 2. The van der Waals surface area contributed by atoms with Gasteiger partial charge in [-0.05, 0) is 74.2 Å². The van der Waals surface area contributed by atoms with Crippen LogP contribution in [-0.2, 0) is 26.2 Å². The molecule has 4 rings (SSSR count). The largest absolute Gasteiger partial charge is 0.352 e. The third-order valence-electron chi connectivity index (χ3n) is 7.68. The van der Waals surface area contributed by atoms with E-state index < -0.39 is 28.5 Å². The number of anilines is 1. The van der Waals surface area contributed by atoms with Crippen LogP contribution >= 0.6 is 34.8 Å². The number of hydrogen-bond acceptors (Lipinski definition) is 4. The Morgan fingerprint density at radius 1 is 0.930 bits per heavy atom. The Hall–Kier alpha value is -2.78. The van der Waals surface area contributed by atoms with Gasteiger partial charge in [0, 0.05) is 27.7 Å². The zero-order valence-corrected chi connectivity index (χ0v) is 27.3. The number of hydrogen-bond donors (Lipinski definition) is 1.